The molecule has 3 unspecified atom stereocenters. The number of carbonyl (C=O) groups is 3. The molecule has 1 aliphatic heterocycles. The van der Waals surface area contributed by atoms with E-state index in [4.69, 9.17) is 4.74 Å². The minimum Gasteiger partial charge on any atom is -0.463 e. The third kappa shape index (κ3) is 8.40. The summed E-state index contributed by atoms with van der Waals surface area (Å²) in [6, 6.07) is -1.15. The van der Waals surface area contributed by atoms with Gasteiger partial charge in [0.1, 0.15) is 6.04 Å². The number of esters is 1. The number of likely N-dealkylation sites (N-methyl/N-ethyl adjacent to an activating group) is 1. The van der Waals surface area contributed by atoms with Crippen LogP contribution in [0.1, 0.15) is 87.5 Å². The van der Waals surface area contributed by atoms with Crippen LogP contribution < -0.4 is 5.32 Å². The number of nitrogens with one attached hydrogen (secondary N) is 1. The summed E-state index contributed by atoms with van der Waals surface area (Å²) in [6.07, 6.45) is 6.34. The highest BCUT2D eigenvalue weighted by Gasteiger charge is 2.39. The molecule has 1 rings (SSSR count). The molecule has 196 valence electrons. The maximum Gasteiger partial charge on any atom is 0.333 e. The number of hydrogen-bond acceptors (Lipinski definition) is 5. The van der Waals surface area contributed by atoms with E-state index in [2.05, 4.69) is 17.1 Å². The maximum atomic E-state index is 13.8. The molecule has 1 fully saturated rings. The van der Waals surface area contributed by atoms with Gasteiger partial charge in [0, 0.05) is 12.6 Å². The number of nitrogens with zero attached hydrogens (tertiary/aromatic N) is 2. The van der Waals surface area contributed by atoms with Crippen molar-refractivity contribution in [2.45, 2.75) is 106 Å². The Morgan fingerprint density at radius 3 is 2.29 bits per heavy atom. The van der Waals surface area contributed by atoms with Crippen LogP contribution in [0.5, 0.6) is 0 Å². The van der Waals surface area contributed by atoms with Crippen molar-refractivity contribution in [1.29, 1.82) is 0 Å². The van der Waals surface area contributed by atoms with E-state index < -0.39 is 11.5 Å². The molecule has 0 aromatic heterocycles. The van der Waals surface area contributed by atoms with Gasteiger partial charge in [-0.1, -0.05) is 61.0 Å². The van der Waals surface area contributed by atoms with Gasteiger partial charge in [-0.25, -0.2) is 4.79 Å². The lowest BCUT2D eigenvalue weighted by molar-refractivity contribution is -0.142. The fourth-order valence-corrected chi connectivity index (χ4v) is 4.59. The maximum absolute atomic E-state index is 13.8. The third-order valence-electron chi connectivity index (χ3n) is 6.60. The lowest BCUT2D eigenvalue weighted by atomic mass is 9.84. The summed E-state index contributed by atoms with van der Waals surface area (Å²) in [4.78, 5) is 43.4. The van der Waals surface area contributed by atoms with Crippen molar-refractivity contribution in [3.05, 3.63) is 11.6 Å². The second kappa shape index (κ2) is 13.9. The standard InChI is InChI=1S/C27H49N3O4/c1-10-16-30-17-14-13-15-21(30)24(31)28-23(27(6,7)8)25(32)29(9)22(19(4)5)18-20(11-2)26(33)34-12-3/h18-19,21-23H,10-17H2,1-9H3,(H,28,31)/b20-18+. The van der Waals surface area contributed by atoms with E-state index in [9.17, 15) is 14.4 Å². The monoisotopic (exact) mass is 479 g/mol. The Bertz CT molecular complexity index is 709. The zero-order chi connectivity index (χ0) is 26.1. The molecule has 0 saturated carbocycles. The zero-order valence-corrected chi connectivity index (χ0v) is 23.1. The number of likely N-dealkylation sites (tertiary alicyclic amines) is 1. The molecule has 1 N–H and O–H groups in total. The summed E-state index contributed by atoms with van der Waals surface area (Å²) in [5.74, 6) is -0.467. The molecule has 7 nitrogen and oxygen atoms in total. The number of piperidine rings is 1. The summed E-state index contributed by atoms with van der Waals surface area (Å²) in [7, 11) is 1.76. The lowest BCUT2D eigenvalue weighted by Crippen LogP contribution is -2.60. The topological polar surface area (TPSA) is 79.0 Å². The fourth-order valence-electron chi connectivity index (χ4n) is 4.59. The van der Waals surface area contributed by atoms with Gasteiger partial charge in [-0.3, -0.25) is 14.5 Å². The first-order chi connectivity index (χ1) is 15.9. The van der Waals surface area contributed by atoms with Gasteiger partial charge in [0.25, 0.3) is 0 Å². The predicted octanol–water partition coefficient (Wildman–Crippen LogP) is 4.16. The Hall–Kier alpha value is -1.89. The summed E-state index contributed by atoms with van der Waals surface area (Å²) in [5.41, 5.74) is 0.0968. The van der Waals surface area contributed by atoms with Crippen LogP contribution in [0.2, 0.25) is 0 Å². The van der Waals surface area contributed by atoms with Gasteiger partial charge < -0.3 is 15.0 Å². The predicted molar refractivity (Wildman–Crippen MR) is 137 cm³/mol. The van der Waals surface area contributed by atoms with E-state index in [0.29, 0.717) is 18.6 Å². The quantitative estimate of drug-likeness (QED) is 0.356. The van der Waals surface area contributed by atoms with Gasteiger partial charge >= 0.3 is 5.97 Å². The lowest BCUT2D eigenvalue weighted by Gasteiger charge is -2.40. The van der Waals surface area contributed by atoms with Gasteiger partial charge in [-0.05, 0) is 57.0 Å². The highest BCUT2D eigenvalue weighted by Crippen LogP contribution is 2.25. The molecule has 0 aromatic carbocycles. The number of carbonyl (C=O) groups excluding carboxylic acids is 3. The number of rotatable bonds is 11. The average Bonchev–Trinajstić information content (AvgIpc) is 2.76. The third-order valence-corrected chi connectivity index (χ3v) is 6.60. The van der Waals surface area contributed by atoms with Gasteiger partial charge in [-0.15, -0.1) is 0 Å². The molecule has 3 atom stereocenters. The minimum absolute atomic E-state index is 0.0627. The molecule has 2 amide bonds. The van der Waals surface area contributed by atoms with Crippen LogP contribution in [-0.2, 0) is 19.1 Å². The van der Waals surface area contributed by atoms with Crippen LogP contribution in [0.15, 0.2) is 11.6 Å². The van der Waals surface area contributed by atoms with Crippen LogP contribution in [0.25, 0.3) is 0 Å². The normalized spacial score (nSPS) is 19.5. The van der Waals surface area contributed by atoms with Gasteiger partial charge in [0.15, 0.2) is 0 Å². The SMILES string of the molecule is CCCN1CCCCC1C(=O)NC(C(=O)N(C)C(/C=C(\CC)C(=O)OCC)C(C)C)C(C)(C)C. The van der Waals surface area contributed by atoms with Gasteiger partial charge in [-0.2, -0.15) is 0 Å². The molecule has 34 heavy (non-hydrogen) atoms. The first-order valence-electron chi connectivity index (χ1n) is 13.1. The van der Waals surface area contributed by atoms with E-state index in [1.165, 1.54) is 0 Å². The Morgan fingerprint density at radius 1 is 1.15 bits per heavy atom. The Labute approximate surface area is 207 Å². The molecule has 1 saturated heterocycles. The summed E-state index contributed by atoms with van der Waals surface area (Å²) < 4.78 is 5.19. The van der Waals surface area contributed by atoms with E-state index in [-0.39, 0.29) is 35.8 Å². The Kier molecular flexibility index (Phi) is 12.3. The Balaban J connectivity index is 3.18. The van der Waals surface area contributed by atoms with Crippen molar-refractivity contribution in [3.63, 3.8) is 0 Å². The van der Waals surface area contributed by atoms with Crippen LogP contribution >= 0.6 is 0 Å². The number of amides is 2. The zero-order valence-electron chi connectivity index (χ0n) is 23.1. The van der Waals surface area contributed by atoms with Crippen LogP contribution in [0, 0.1) is 11.3 Å². The van der Waals surface area contributed by atoms with E-state index in [1.54, 1.807) is 18.9 Å². The van der Waals surface area contributed by atoms with Crippen molar-refractivity contribution < 1.29 is 19.1 Å². The van der Waals surface area contributed by atoms with Crippen LogP contribution in [0.3, 0.4) is 0 Å². The Morgan fingerprint density at radius 2 is 1.79 bits per heavy atom. The summed E-state index contributed by atoms with van der Waals surface area (Å²) >= 11 is 0. The average molecular weight is 480 g/mol. The summed E-state index contributed by atoms with van der Waals surface area (Å²) in [5, 5.41) is 3.12. The molecule has 0 bridgehead atoms. The van der Waals surface area contributed by atoms with E-state index in [1.807, 2.05) is 47.6 Å². The molecule has 0 spiro atoms. The molecular formula is C27H49N3O4. The van der Waals surface area contributed by atoms with Gasteiger partial charge in [0.2, 0.25) is 11.8 Å². The highest BCUT2D eigenvalue weighted by atomic mass is 16.5. The molecule has 1 aliphatic rings. The first kappa shape index (κ1) is 30.1. The number of ether oxygens (including phenoxy) is 1. The molecule has 0 aliphatic carbocycles. The smallest absolute Gasteiger partial charge is 0.333 e. The van der Waals surface area contributed by atoms with Crippen molar-refractivity contribution in [2.24, 2.45) is 11.3 Å². The molecule has 1 heterocycles. The first-order valence-corrected chi connectivity index (χ1v) is 13.1. The van der Waals surface area contributed by atoms with Crippen molar-refractivity contribution in [1.82, 2.24) is 15.1 Å². The highest BCUT2D eigenvalue weighted by molar-refractivity contribution is 5.91. The van der Waals surface area contributed by atoms with Crippen molar-refractivity contribution >= 4 is 17.8 Å². The number of hydrogen-bond donors (Lipinski definition) is 1. The second-order valence-corrected chi connectivity index (χ2v) is 10.8. The van der Waals surface area contributed by atoms with E-state index in [0.717, 1.165) is 38.8 Å². The molecular weight excluding hydrogens is 430 g/mol. The molecule has 0 radical (unpaired) electrons. The van der Waals surface area contributed by atoms with Crippen LogP contribution in [-0.4, -0.2) is 72.5 Å². The van der Waals surface area contributed by atoms with Crippen molar-refractivity contribution in [2.75, 3.05) is 26.7 Å². The second-order valence-electron chi connectivity index (χ2n) is 10.8. The largest absolute Gasteiger partial charge is 0.463 e. The molecule has 7 heteroatoms. The molecule has 0 aromatic rings. The van der Waals surface area contributed by atoms with E-state index >= 15 is 0 Å². The van der Waals surface area contributed by atoms with Crippen LogP contribution in [0.4, 0.5) is 0 Å². The fraction of sp³-hybridized carbons (Fsp3) is 0.815. The van der Waals surface area contributed by atoms with Crippen molar-refractivity contribution in [3.8, 4) is 0 Å². The van der Waals surface area contributed by atoms with Gasteiger partial charge in [0.05, 0.1) is 18.7 Å². The minimum atomic E-state index is -0.669. The summed E-state index contributed by atoms with van der Waals surface area (Å²) in [6.45, 7) is 17.9.